The summed E-state index contributed by atoms with van der Waals surface area (Å²) in [5.41, 5.74) is 1.43. The first-order valence-corrected chi connectivity index (χ1v) is 12.5. The van der Waals surface area contributed by atoms with Gasteiger partial charge in [0.05, 0.1) is 0 Å². The van der Waals surface area contributed by atoms with Crippen molar-refractivity contribution in [3.05, 3.63) is 47.5 Å². The monoisotopic (exact) mass is 563 g/mol. The van der Waals surface area contributed by atoms with E-state index < -0.39 is 0 Å². The number of nitrogens with zero attached hydrogens (tertiary/aromatic N) is 6. The van der Waals surface area contributed by atoms with Gasteiger partial charge in [-0.15, -0.1) is 34.2 Å². The Kier molecular flexibility index (Phi) is 8.62. The fourth-order valence-electron chi connectivity index (χ4n) is 5.77. The molecule has 0 saturated carbocycles. The molecule has 2 fully saturated rings. The van der Waals surface area contributed by atoms with Gasteiger partial charge in [-0.2, -0.15) is 0 Å². The van der Waals surface area contributed by atoms with E-state index in [4.69, 9.17) is 4.99 Å². The van der Waals surface area contributed by atoms with Crippen LogP contribution >= 0.6 is 24.0 Å². The molecule has 2 aromatic rings. The van der Waals surface area contributed by atoms with Gasteiger partial charge in [-0.3, -0.25) is 4.90 Å². The zero-order valence-corrected chi connectivity index (χ0v) is 22.2. The predicted molar refractivity (Wildman–Crippen MR) is 143 cm³/mol. The van der Waals surface area contributed by atoms with Gasteiger partial charge in [0, 0.05) is 45.2 Å². The van der Waals surface area contributed by atoms with E-state index in [2.05, 4.69) is 67.1 Å². The molecule has 0 aliphatic carbocycles. The fourth-order valence-corrected chi connectivity index (χ4v) is 5.77. The number of guanidine groups is 1. The number of benzene rings is 1. The third kappa shape index (κ3) is 5.70. The third-order valence-electron chi connectivity index (χ3n) is 7.35. The van der Waals surface area contributed by atoms with E-state index in [1.807, 2.05) is 0 Å². The minimum atomic E-state index is 0. The SMILES string of the molecule is CCNC(=NCc1nnc2n1CCCC2)N1CCC2C(CCCN2Cc2ccccc2)C1.I. The average molecular weight is 564 g/mol. The summed E-state index contributed by atoms with van der Waals surface area (Å²) in [7, 11) is 0. The Hall–Kier alpha value is -1.68. The van der Waals surface area contributed by atoms with Crippen molar-refractivity contribution in [3.8, 4) is 0 Å². The van der Waals surface area contributed by atoms with Crippen molar-refractivity contribution < 1.29 is 0 Å². The van der Waals surface area contributed by atoms with Crippen molar-refractivity contribution in [1.82, 2.24) is 29.9 Å². The Morgan fingerprint density at radius 2 is 1.94 bits per heavy atom. The van der Waals surface area contributed by atoms with Crippen LogP contribution in [0.15, 0.2) is 35.3 Å². The molecule has 8 heteroatoms. The van der Waals surface area contributed by atoms with Crippen LogP contribution in [0.5, 0.6) is 0 Å². The van der Waals surface area contributed by atoms with Crippen LogP contribution in [0.3, 0.4) is 0 Å². The van der Waals surface area contributed by atoms with Crippen LogP contribution in [0.1, 0.15) is 56.2 Å². The van der Waals surface area contributed by atoms with Crippen molar-refractivity contribution in [1.29, 1.82) is 0 Å². The Labute approximate surface area is 215 Å². The van der Waals surface area contributed by atoms with Crippen molar-refractivity contribution >= 4 is 29.9 Å². The van der Waals surface area contributed by atoms with Gasteiger partial charge in [0.25, 0.3) is 0 Å². The molecule has 7 nitrogen and oxygen atoms in total. The summed E-state index contributed by atoms with van der Waals surface area (Å²) in [6.07, 6.45) is 7.32. The molecule has 0 amide bonds. The normalized spacial score (nSPS) is 23.4. The highest BCUT2D eigenvalue weighted by Crippen LogP contribution is 2.31. The van der Waals surface area contributed by atoms with E-state index >= 15 is 0 Å². The second kappa shape index (κ2) is 11.6. The van der Waals surface area contributed by atoms with Gasteiger partial charge in [0.15, 0.2) is 11.8 Å². The van der Waals surface area contributed by atoms with Gasteiger partial charge >= 0.3 is 0 Å². The molecule has 0 bridgehead atoms. The molecular weight excluding hydrogens is 525 g/mol. The predicted octanol–water partition coefficient (Wildman–Crippen LogP) is 3.68. The first-order valence-electron chi connectivity index (χ1n) is 12.5. The van der Waals surface area contributed by atoms with Crippen molar-refractivity contribution in [2.24, 2.45) is 10.9 Å². The van der Waals surface area contributed by atoms with Gasteiger partial charge in [-0.05, 0) is 57.1 Å². The number of piperidine rings is 2. The van der Waals surface area contributed by atoms with Crippen molar-refractivity contribution in [3.63, 3.8) is 0 Å². The van der Waals surface area contributed by atoms with Crippen LogP contribution in [0.2, 0.25) is 0 Å². The van der Waals surface area contributed by atoms with E-state index in [1.54, 1.807) is 0 Å². The average Bonchev–Trinajstić information content (AvgIpc) is 3.25. The van der Waals surface area contributed by atoms with Crippen LogP contribution in [-0.4, -0.2) is 62.7 Å². The summed E-state index contributed by atoms with van der Waals surface area (Å²) >= 11 is 0. The number of rotatable bonds is 5. The van der Waals surface area contributed by atoms with Gasteiger partial charge in [0.2, 0.25) is 0 Å². The van der Waals surface area contributed by atoms with E-state index in [9.17, 15) is 0 Å². The molecule has 1 aromatic heterocycles. The number of hydrogen-bond donors (Lipinski definition) is 1. The van der Waals surface area contributed by atoms with Crippen LogP contribution in [0, 0.1) is 5.92 Å². The van der Waals surface area contributed by atoms with E-state index in [0.29, 0.717) is 18.5 Å². The molecule has 2 unspecified atom stereocenters. The minimum absolute atomic E-state index is 0. The molecule has 5 rings (SSSR count). The lowest BCUT2D eigenvalue weighted by atomic mass is 9.83. The quantitative estimate of drug-likeness (QED) is 0.342. The molecule has 2 atom stereocenters. The number of hydrogen-bond acceptors (Lipinski definition) is 4. The maximum absolute atomic E-state index is 5.01. The summed E-state index contributed by atoms with van der Waals surface area (Å²) in [5.74, 6) is 3.90. The summed E-state index contributed by atoms with van der Waals surface area (Å²) < 4.78 is 2.28. The van der Waals surface area contributed by atoms with Crippen LogP contribution in [0.4, 0.5) is 0 Å². The van der Waals surface area contributed by atoms with E-state index in [-0.39, 0.29) is 24.0 Å². The lowest BCUT2D eigenvalue weighted by molar-refractivity contribution is 0.0372. The summed E-state index contributed by atoms with van der Waals surface area (Å²) in [5, 5.41) is 12.4. The standard InChI is InChI=1S/C25H37N7.HI/c1-2-26-25(27-17-24-29-28-23-12-6-7-15-32(23)24)31-16-13-22-21(19-31)11-8-14-30(22)18-20-9-4-3-5-10-20;/h3-5,9-10,21-22H,2,6-8,11-19H2,1H3,(H,26,27);1H. The van der Waals surface area contributed by atoms with Gasteiger partial charge in [-0.1, -0.05) is 30.3 Å². The number of aromatic nitrogens is 3. The molecule has 2 saturated heterocycles. The van der Waals surface area contributed by atoms with Crippen LogP contribution < -0.4 is 5.32 Å². The molecule has 0 radical (unpaired) electrons. The van der Waals surface area contributed by atoms with E-state index in [1.165, 1.54) is 44.2 Å². The summed E-state index contributed by atoms with van der Waals surface area (Å²) in [4.78, 5) is 10.2. The van der Waals surface area contributed by atoms with Crippen LogP contribution in [-0.2, 0) is 26.1 Å². The lowest BCUT2D eigenvalue weighted by Crippen LogP contribution is -2.56. The Morgan fingerprint density at radius 1 is 1.06 bits per heavy atom. The topological polar surface area (TPSA) is 61.6 Å². The van der Waals surface area contributed by atoms with Gasteiger partial charge in [0.1, 0.15) is 12.4 Å². The van der Waals surface area contributed by atoms with Crippen molar-refractivity contribution in [2.45, 2.75) is 71.1 Å². The fraction of sp³-hybridized carbons (Fsp3) is 0.640. The van der Waals surface area contributed by atoms with Gasteiger partial charge < -0.3 is 14.8 Å². The smallest absolute Gasteiger partial charge is 0.194 e. The maximum atomic E-state index is 5.01. The Balaban J connectivity index is 0.00000259. The van der Waals surface area contributed by atoms with E-state index in [0.717, 1.165) is 56.8 Å². The molecule has 1 N–H and O–H groups in total. The molecule has 3 aliphatic heterocycles. The first-order chi connectivity index (χ1) is 15.8. The summed E-state index contributed by atoms with van der Waals surface area (Å²) in [6, 6.07) is 11.6. The molecule has 33 heavy (non-hydrogen) atoms. The van der Waals surface area contributed by atoms with Crippen LogP contribution in [0.25, 0.3) is 0 Å². The highest BCUT2D eigenvalue weighted by atomic mass is 127. The number of likely N-dealkylation sites (tertiary alicyclic amines) is 2. The summed E-state index contributed by atoms with van der Waals surface area (Å²) in [6.45, 7) is 9.16. The van der Waals surface area contributed by atoms with Crippen molar-refractivity contribution in [2.75, 3.05) is 26.2 Å². The Bertz CT molecular complexity index is 913. The lowest BCUT2D eigenvalue weighted by Gasteiger charge is -2.48. The maximum Gasteiger partial charge on any atom is 0.194 e. The second-order valence-electron chi connectivity index (χ2n) is 9.47. The Morgan fingerprint density at radius 3 is 2.79 bits per heavy atom. The molecule has 0 spiro atoms. The molecule has 4 heterocycles. The number of halogens is 1. The third-order valence-corrected chi connectivity index (χ3v) is 7.35. The number of fused-ring (bicyclic) bond motifs is 2. The number of aliphatic imine (C=N–C) groups is 1. The second-order valence-corrected chi connectivity index (χ2v) is 9.47. The van der Waals surface area contributed by atoms with Gasteiger partial charge in [-0.25, -0.2) is 4.99 Å². The molecular formula is C25H38IN7. The first kappa shape index (κ1) is 24.4. The molecule has 3 aliphatic rings. The zero-order valence-electron chi connectivity index (χ0n) is 19.8. The zero-order chi connectivity index (χ0) is 21.8. The molecule has 180 valence electrons. The minimum Gasteiger partial charge on any atom is -0.357 e. The molecule has 1 aromatic carbocycles. The largest absolute Gasteiger partial charge is 0.357 e. The highest BCUT2D eigenvalue weighted by Gasteiger charge is 2.36. The highest BCUT2D eigenvalue weighted by molar-refractivity contribution is 14.0. The number of aryl methyl sites for hydroxylation is 1. The number of nitrogens with one attached hydrogen (secondary N) is 1.